The van der Waals surface area contributed by atoms with E-state index in [-0.39, 0.29) is 11.1 Å². The van der Waals surface area contributed by atoms with E-state index in [1.165, 1.54) is 25.7 Å². The molecule has 5 fully saturated rings. The van der Waals surface area contributed by atoms with Crippen molar-refractivity contribution in [3.05, 3.63) is 0 Å². The summed E-state index contributed by atoms with van der Waals surface area (Å²) in [5.74, 6) is 1.65. The van der Waals surface area contributed by atoms with Gasteiger partial charge in [0.05, 0.1) is 12.3 Å². The van der Waals surface area contributed by atoms with Crippen LogP contribution >= 0.6 is 0 Å². The summed E-state index contributed by atoms with van der Waals surface area (Å²) in [5.41, 5.74) is 1.20. The molecule has 5 saturated heterocycles. The first-order chi connectivity index (χ1) is 11.3. The zero-order valence-corrected chi connectivity index (χ0v) is 17.6. The summed E-state index contributed by atoms with van der Waals surface area (Å²) in [6.07, 6.45) is 7.02. The van der Waals surface area contributed by atoms with Crippen molar-refractivity contribution in [1.29, 1.82) is 0 Å². The molecule has 5 rings (SSSR count). The number of fused-ring (bicyclic) bond motifs is 1. The van der Waals surface area contributed by atoms with E-state index < -0.39 is 0 Å². The number of rotatable bonds is 1. The van der Waals surface area contributed by atoms with Gasteiger partial charge in [0.15, 0.2) is 0 Å². The van der Waals surface area contributed by atoms with Crippen molar-refractivity contribution in [3.8, 4) is 0 Å². The van der Waals surface area contributed by atoms with E-state index in [1.54, 1.807) is 0 Å². The zero-order valence-electron chi connectivity index (χ0n) is 17.6. The quantitative estimate of drug-likeness (QED) is 0.785. The Bertz CT molecular complexity index is 581. The molecule has 5 aliphatic rings. The molecule has 1 N–H and O–H groups in total. The maximum Gasteiger partial charge on any atom is 0.124 e. The smallest absolute Gasteiger partial charge is 0.124 e. The molecular formula is C21H38N4. The fourth-order valence-electron chi connectivity index (χ4n) is 7.72. The van der Waals surface area contributed by atoms with Crippen molar-refractivity contribution in [2.45, 2.75) is 122 Å². The van der Waals surface area contributed by atoms with E-state index in [9.17, 15) is 0 Å². The van der Waals surface area contributed by atoms with Gasteiger partial charge in [-0.25, -0.2) is 0 Å². The van der Waals surface area contributed by atoms with E-state index in [0.29, 0.717) is 29.7 Å². The minimum Gasteiger partial charge on any atom is -0.296 e. The Morgan fingerprint density at radius 2 is 1.12 bits per heavy atom. The molecule has 142 valence electrons. The minimum atomic E-state index is 0.265. The van der Waals surface area contributed by atoms with Crippen LogP contribution in [0.25, 0.3) is 0 Å². The third-order valence-corrected chi connectivity index (χ3v) is 8.18. The molecule has 4 nitrogen and oxygen atoms in total. The monoisotopic (exact) mass is 346 g/mol. The van der Waals surface area contributed by atoms with Crippen LogP contribution in [0.1, 0.15) is 81.1 Å². The van der Waals surface area contributed by atoms with Gasteiger partial charge in [-0.05, 0) is 92.9 Å². The zero-order chi connectivity index (χ0) is 18.2. The average molecular weight is 347 g/mol. The number of nitrogens with one attached hydrogen (secondary N) is 1. The normalized spacial score (nSPS) is 49.2. The van der Waals surface area contributed by atoms with Crippen molar-refractivity contribution >= 4 is 0 Å². The van der Waals surface area contributed by atoms with E-state index in [4.69, 9.17) is 0 Å². The predicted octanol–water partition coefficient (Wildman–Crippen LogP) is 3.39. The lowest BCUT2D eigenvalue weighted by atomic mass is 9.88. The van der Waals surface area contributed by atoms with Crippen LogP contribution in [0.3, 0.4) is 0 Å². The Kier molecular flexibility index (Phi) is 3.02. The van der Waals surface area contributed by atoms with Gasteiger partial charge in [0, 0.05) is 22.2 Å². The summed E-state index contributed by atoms with van der Waals surface area (Å²) in [4.78, 5) is 8.63. The molecule has 0 bridgehead atoms. The molecule has 0 saturated carbocycles. The van der Waals surface area contributed by atoms with Gasteiger partial charge in [-0.2, -0.15) is 0 Å². The van der Waals surface area contributed by atoms with E-state index in [2.05, 4.69) is 75.4 Å². The Hall–Kier alpha value is -0.160. The summed E-state index contributed by atoms with van der Waals surface area (Å²) in [6, 6.07) is 0. The van der Waals surface area contributed by atoms with Crippen LogP contribution in [-0.2, 0) is 0 Å². The topological polar surface area (TPSA) is 21.8 Å². The fraction of sp³-hybridized carbons (Fsp3) is 1.00. The van der Waals surface area contributed by atoms with Crippen LogP contribution < -0.4 is 5.32 Å². The molecule has 5 aliphatic heterocycles. The molecule has 5 heterocycles. The fourth-order valence-corrected chi connectivity index (χ4v) is 7.72. The van der Waals surface area contributed by atoms with Crippen molar-refractivity contribution in [1.82, 2.24) is 20.0 Å². The van der Waals surface area contributed by atoms with E-state index in [0.717, 1.165) is 11.8 Å². The molecule has 0 aromatic heterocycles. The maximum absolute atomic E-state index is 4.01. The number of nitrogens with zero attached hydrogens (tertiary/aromatic N) is 3. The molecule has 0 spiro atoms. The Morgan fingerprint density at radius 3 is 1.68 bits per heavy atom. The highest BCUT2D eigenvalue weighted by Gasteiger charge is 2.72. The molecule has 25 heavy (non-hydrogen) atoms. The van der Waals surface area contributed by atoms with Crippen molar-refractivity contribution < 1.29 is 0 Å². The summed E-state index contributed by atoms with van der Waals surface area (Å²) < 4.78 is 0. The predicted molar refractivity (Wildman–Crippen MR) is 102 cm³/mol. The van der Waals surface area contributed by atoms with Crippen LogP contribution in [0.2, 0.25) is 0 Å². The minimum absolute atomic E-state index is 0.265. The first-order valence-corrected chi connectivity index (χ1v) is 10.5. The van der Waals surface area contributed by atoms with E-state index in [1.807, 2.05) is 0 Å². The van der Waals surface area contributed by atoms with Gasteiger partial charge in [0.25, 0.3) is 0 Å². The van der Waals surface area contributed by atoms with Crippen molar-refractivity contribution in [2.24, 2.45) is 11.8 Å². The molecule has 0 aromatic rings. The van der Waals surface area contributed by atoms with Gasteiger partial charge < -0.3 is 0 Å². The SMILES string of the molecule is CC1(C)CC2CC(C)(C)N(C3N4C5C(CC4(C)C)CC(C)(C)N53)C2N1. The Labute approximate surface area is 154 Å². The van der Waals surface area contributed by atoms with Gasteiger partial charge in [0.2, 0.25) is 0 Å². The highest BCUT2D eigenvalue weighted by molar-refractivity contribution is 5.20. The standard InChI is InChI=1S/C21H38N4/c1-18(2)9-13-10-19(3,4)23(15(13)22-18)17-24-16-14(11-20(24,5)6)12-21(7,8)25(16)17/h13-17,22H,9-12H2,1-8H3. The largest absolute Gasteiger partial charge is 0.296 e. The van der Waals surface area contributed by atoms with Crippen LogP contribution in [0, 0.1) is 11.8 Å². The maximum atomic E-state index is 4.01. The number of likely N-dealkylation sites (tertiary alicyclic amines) is 1. The molecule has 0 aromatic carbocycles. The molecule has 0 radical (unpaired) electrons. The molecule has 0 aliphatic carbocycles. The highest BCUT2D eigenvalue weighted by atomic mass is 15.7. The third kappa shape index (κ3) is 2.03. The van der Waals surface area contributed by atoms with Gasteiger partial charge in [-0.3, -0.25) is 20.0 Å². The number of hydrogen-bond acceptors (Lipinski definition) is 4. The second-order valence-corrected chi connectivity index (χ2v) is 12.2. The lowest BCUT2D eigenvalue weighted by molar-refractivity contribution is -0.284. The van der Waals surface area contributed by atoms with E-state index >= 15 is 0 Å². The summed E-state index contributed by atoms with van der Waals surface area (Å²) >= 11 is 0. The summed E-state index contributed by atoms with van der Waals surface area (Å²) in [7, 11) is 0. The second kappa shape index (κ2) is 4.45. The number of hydrogen-bond donors (Lipinski definition) is 1. The molecule has 2 atom stereocenters. The van der Waals surface area contributed by atoms with Gasteiger partial charge in [-0.15, -0.1) is 0 Å². The highest BCUT2D eigenvalue weighted by Crippen LogP contribution is 2.62. The van der Waals surface area contributed by atoms with Crippen molar-refractivity contribution in [3.63, 3.8) is 0 Å². The van der Waals surface area contributed by atoms with Crippen molar-refractivity contribution in [2.75, 3.05) is 0 Å². The van der Waals surface area contributed by atoms with Crippen LogP contribution in [0.5, 0.6) is 0 Å². The van der Waals surface area contributed by atoms with Crippen LogP contribution in [-0.4, -0.2) is 55.5 Å². The van der Waals surface area contributed by atoms with Gasteiger partial charge in [0.1, 0.15) is 6.29 Å². The first-order valence-electron chi connectivity index (χ1n) is 10.5. The van der Waals surface area contributed by atoms with Gasteiger partial charge in [-0.1, -0.05) is 0 Å². The van der Waals surface area contributed by atoms with Crippen LogP contribution in [0.4, 0.5) is 0 Å². The summed E-state index contributed by atoms with van der Waals surface area (Å²) in [6.45, 7) is 19.7. The molecule has 4 heteroatoms. The molecule has 2 unspecified atom stereocenters. The lowest BCUT2D eigenvalue weighted by Crippen LogP contribution is -2.82. The lowest BCUT2D eigenvalue weighted by Gasteiger charge is -2.66. The van der Waals surface area contributed by atoms with Crippen LogP contribution in [0.15, 0.2) is 0 Å². The molecular weight excluding hydrogens is 308 g/mol. The second-order valence-electron chi connectivity index (χ2n) is 12.2. The summed E-state index contributed by atoms with van der Waals surface area (Å²) in [5, 5.41) is 4.01. The average Bonchev–Trinajstić information content (AvgIpc) is 2.88. The Morgan fingerprint density at radius 1 is 0.640 bits per heavy atom. The van der Waals surface area contributed by atoms with Gasteiger partial charge >= 0.3 is 0 Å². The Balaban J connectivity index is 1.55. The molecule has 0 amide bonds. The first kappa shape index (κ1) is 17.0. The third-order valence-electron chi connectivity index (χ3n) is 8.18.